The van der Waals surface area contributed by atoms with Gasteiger partial charge in [0, 0.05) is 6.42 Å². The molecule has 2 unspecified atom stereocenters. The highest BCUT2D eigenvalue weighted by atomic mass is 16.1. The zero-order valence-electron chi connectivity index (χ0n) is 9.31. The molecule has 0 spiro atoms. The van der Waals surface area contributed by atoms with Crippen molar-refractivity contribution in [1.29, 1.82) is 0 Å². The summed E-state index contributed by atoms with van der Waals surface area (Å²) < 4.78 is 0. The van der Waals surface area contributed by atoms with Crippen LogP contribution in [0.25, 0.3) is 0 Å². The summed E-state index contributed by atoms with van der Waals surface area (Å²) in [6.45, 7) is 6.65. The number of carbonyl (C=O) groups excluding carboxylic acids is 1. The molecule has 0 aliphatic rings. The van der Waals surface area contributed by atoms with Crippen LogP contribution in [-0.2, 0) is 4.79 Å². The highest BCUT2D eigenvalue weighted by molar-refractivity contribution is 5.50. The van der Waals surface area contributed by atoms with Gasteiger partial charge in [-0.1, -0.05) is 46.5 Å². The van der Waals surface area contributed by atoms with E-state index in [1.165, 1.54) is 25.7 Å². The van der Waals surface area contributed by atoms with E-state index in [4.69, 9.17) is 0 Å². The second-order valence-corrected chi connectivity index (χ2v) is 3.92. The third-order valence-electron chi connectivity index (χ3n) is 2.89. The normalized spacial score (nSPS) is 15.3. The van der Waals surface area contributed by atoms with Gasteiger partial charge in [0.2, 0.25) is 0 Å². The van der Waals surface area contributed by atoms with E-state index in [2.05, 4.69) is 20.8 Å². The molecule has 0 aromatic carbocycles. The topological polar surface area (TPSA) is 17.1 Å². The Bertz CT molecular complexity index is 120. The van der Waals surface area contributed by atoms with E-state index in [1.807, 2.05) is 6.29 Å². The summed E-state index contributed by atoms with van der Waals surface area (Å²) in [5, 5.41) is 0. The van der Waals surface area contributed by atoms with Crippen LogP contribution in [0.4, 0.5) is 0 Å². The van der Waals surface area contributed by atoms with Crippen LogP contribution >= 0.6 is 0 Å². The number of hydrogen-bond donors (Lipinski definition) is 0. The highest BCUT2D eigenvalue weighted by Gasteiger charge is 2.12. The van der Waals surface area contributed by atoms with Crippen molar-refractivity contribution in [3.63, 3.8) is 0 Å². The first-order chi connectivity index (χ1) is 6.28. The van der Waals surface area contributed by atoms with E-state index in [0.29, 0.717) is 12.3 Å². The van der Waals surface area contributed by atoms with Crippen molar-refractivity contribution in [2.24, 2.45) is 11.8 Å². The molecular formula is C12H23O. The standard InChI is InChI=1S/C12H23O/c1-4-7-11(5-2)10-12(6-3)8-9-13/h11-12H,4-8,10H2,1-3H3. The number of hydrogen-bond acceptors (Lipinski definition) is 1. The molecular weight excluding hydrogens is 160 g/mol. The summed E-state index contributed by atoms with van der Waals surface area (Å²) >= 11 is 0. The second-order valence-electron chi connectivity index (χ2n) is 3.92. The Balaban J connectivity index is 3.79. The van der Waals surface area contributed by atoms with Crippen molar-refractivity contribution < 1.29 is 4.79 Å². The molecule has 77 valence electrons. The molecule has 2 atom stereocenters. The zero-order chi connectivity index (χ0) is 10.1. The van der Waals surface area contributed by atoms with Gasteiger partial charge in [0.15, 0.2) is 6.29 Å². The van der Waals surface area contributed by atoms with Gasteiger partial charge < -0.3 is 0 Å². The molecule has 0 fully saturated rings. The van der Waals surface area contributed by atoms with Crippen LogP contribution < -0.4 is 0 Å². The van der Waals surface area contributed by atoms with E-state index in [9.17, 15) is 4.79 Å². The third-order valence-corrected chi connectivity index (χ3v) is 2.89. The van der Waals surface area contributed by atoms with Gasteiger partial charge in [0.1, 0.15) is 0 Å². The van der Waals surface area contributed by atoms with Crippen molar-refractivity contribution in [1.82, 2.24) is 0 Å². The third kappa shape index (κ3) is 5.84. The molecule has 0 aromatic heterocycles. The van der Waals surface area contributed by atoms with Gasteiger partial charge in [0.05, 0.1) is 0 Å². The molecule has 0 saturated carbocycles. The van der Waals surface area contributed by atoms with E-state index < -0.39 is 0 Å². The van der Waals surface area contributed by atoms with Gasteiger partial charge in [-0.2, -0.15) is 0 Å². The largest absolute Gasteiger partial charge is 0.291 e. The quantitative estimate of drug-likeness (QED) is 0.560. The van der Waals surface area contributed by atoms with Gasteiger partial charge in [-0.25, -0.2) is 0 Å². The predicted molar refractivity (Wildman–Crippen MR) is 57.4 cm³/mol. The fourth-order valence-corrected chi connectivity index (χ4v) is 1.88. The molecule has 1 radical (unpaired) electrons. The first kappa shape index (κ1) is 12.7. The van der Waals surface area contributed by atoms with Crippen LogP contribution in [0.1, 0.15) is 59.3 Å². The lowest BCUT2D eigenvalue weighted by Gasteiger charge is -2.19. The molecule has 0 aromatic rings. The average Bonchev–Trinajstić information content (AvgIpc) is 2.16. The van der Waals surface area contributed by atoms with Gasteiger partial charge in [0.25, 0.3) is 0 Å². The Morgan fingerprint density at radius 2 is 1.69 bits per heavy atom. The fraction of sp³-hybridized carbons (Fsp3) is 0.917. The minimum Gasteiger partial charge on any atom is -0.291 e. The van der Waals surface area contributed by atoms with Crippen molar-refractivity contribution in [2.45, 2.75) is 59.3 Å². The molecule has 0 aliphatic carbocycles. The maximum absolute atomic E-state index is 10.3. The van der Waals surface area contributed by atoms with Crippen molar-refractivity contribution >= 4 is 6.29 Å². The molecule has 0 heterocycles. The fourth-order valence-electron chi connectivity index (χ4n) is 1.88. The summed E-state index contributed by atoms with van der Waals surface area (Å²) in [5.41, 5.74) is 0. The van der Waals surface area contributed by atoms with Gasteiger partial charge in [-0.15, -0.1) is 0 Å². The van der Waals surface area contributed by atoms with E-state index in [1.54, 1.807) is 0 Å². The maximum Gasteiger partial charge on any atom is 0.198 e. The SMILES string of the molecule is CCCC(CC)CC(CC)C[C]=O. The first-order valence-electron chi connectivity index (χ1n) is 5.63. The van der Waals surface area contributed by atoms with Crippen LogP contribution in [0.5, 0.6) is 0 Å². The van der Waals surface area contributed by atoms with E-state index in [-0.39, 0.29) is 0 Å². The minimum absolute atomic E-state index is 0.578. The number of rotatable bonds is 8. The van der Waals surface area contributed by atoms with Crippen LogP contribution in [-0.4, -0.2) is 6.29 Å². The smallest absolute Gasteiger partial charge is 0.198 e. The van der Waals surface area contributed by atoms with Crippen molar-refractivity contribution in [3.05, 3.63) is 0 Å². The van der Waals surface area contributed by atoms with E-state index >= 15 is 0 Å². The lowest BCUT2D eigenvalue weighted by atomic mass is 9.86. The summed E-state index contributed by atoms with van der Waals surface area (Å²) in [4.78, 5) is 10.3. The molecule has 0 rings (SSSR count). The monoisotopic (exact) mass is 183 g/mol. The molecule has 0 N–H and O–H groups in total. The van der Waals surface area contributed by atoms with Crippen LogP contribution in [0.2, 0.25) is 0 Å². The van der Waals surface area contributed by atoms with Crippen molar-refractivity contribution in [3.8, 4) is 0 Å². The Morgan fingerprint density at radius 3 is 2.08 bits per heavy atom. The van der Waals surface area contributed by atoms with Crippen LogP contribution in [0, 0.1) is 11.8 Å². The Morgan fingerprint density at radius 1 is 1.08 bits per heavy atom. The van der Waals surface area contributed by atoms with Gasteiger partial charge in [-0.3, -0.25) is 4.79 Å². The zero-order valence-corrected chi connectivity index (χ0v) is 9.31. The Labute approximate surface area is 82.9 Å². The van der Waals surface area contributed by atoms with Crippen LogP contribution in [0.3, 0.4) is 0 Å². The Hall–Kier alpha value is -0.330. The summed E-state index contributed by atoms with van der Waals surface area (Å²) in [7, 11) is 0. The maximum atomic E-state index is 10.3. The van der Waals surface area contributed by atoms with Crippen molar-refractivity contribution in [2.75, 3.05) is 0 Å². The lowest BCUT2D eigenvalue weighted by molar-refractivity contribution is 0.337. The molecule has 0 amide bonds. The summed E-state index contributed by atoms with van der Waals surface area (Å²) in [6.07, 6.45) is 8.84. The molecule has 1 heteroatoms. The van der Waals surface area contributed by atoms with Gasteiger partial charge >= 0.3 is 0 Å². The average molecular weight is 183 g/mol. The predicted octanol–water partition coefficient (Wildman–Crippen LogP) is 3.73. The second kappa shape index (κ2) is 8.28. The van der Waals surface area contributed by atoms with Gasteiger partial charge in [-0.05, 0) is 18.3 Å². The molecule has 1 nitrogen and oxygen atoms in total. The lowest BCUT2D eigenvalue weighted by Crippen LogP contribution is -2.08. The molecule has 0 bridgehead atoms. The molecule has 0 saturated heterocycles. The molecule has 13 heavy (non-hydrogen) atoms. The summed E-state index contributed by atoms with van der Waals surface area (Å²) in [6, 6.07) is 0. The Kier molecular flexibility index (Phi) is 8.07. The summed E-state index contributed by atoms with van der Waals surface area (Å²) in [5.74, 6) is 1.40. The van der Waals surface area contributed by atoms with E-state index in [0.717, 1.165) is 12.3 Å². The van der Waals surface area contributed by atoms with Crippen LogP contribution in [0.15, 0.2) is 0 Å². The minimum atomic E-state index is 0.578. The highest BCUT2D eigenvalue weighted by Crippen LogP contribution is 2.24. The molecule has 0 aliphatic heterocycles. The first-order valence-corrected chi connectivity index (χ1v) is 5.63.